The van der Waals surface area contributed by atoms with Crippen LogP contribution in [0.5, 0.6) is 11.5 Å². The summed E-state index contributed by atoms with van der Waals surface area (Å²) in [5.74, 6) is 1.42. The van der Waals surface area contributed by atoms with Gasteiger partial charge in [0.2, 0.25) is 0 Å². The van der Waals surface area contributed by atoms with E-state index < -0.39 is 0 Å². The Bertz CT molecular complexity index is 705. The lowest BCUT2D eigenvalue weighted by atomic mass is 10.2. The van der Waals surface area contributed by atoms with Gasteiger partial charge in [-0.05, 0) is 30.7 Å². The van der Waals surface area contributed by atoms with Gasteiger partial charge < -0.3 is 10.5 Å². The molecule has 0 bridgehead atoms. The Morgan fingerprint density at radius 1 is 1.28 bits per heavy atom. The van der Waals surface area contributed by atoms with Crippen LogP contribution in [-0.4, -0.2) is 14.6 Å². The van der Waals surface area contributed by atoms with Crippen LogP contribution in [0.1, 0.15) is 5.56 Å². The SMILES string of the molecule is Cc1cc(N)ccc1Oc1cnn2ccnc2c1. The van der Waals surface area contributed by atoms with Crippen molar-refractivity contribution in [3.63, 3.8) is 0 Å². The fourth-order valence-electron chi connectivity index (χ4n) is 1.76. The van der Waals surface area contributed by atoms with Crippen molar-refractivity contribution in [1.29, 1.82) is 0 Å². The Kier molecular flexibility index (Phi) is 2.37. The molecule has 2 N–H and O–H groups in total. The molecule has 0 unspecified atom stereocenters. The number of aromatic nitrogens is 3. The molecule has 0 fully saturated rings. The first-order chi connectivity index (χ1) is 8.72. The van der Waals surface area contributed by atoms with E-state index in [1.807, 2.05) is 31.2 Å². The summed E-state index contributed by atoms with van der Waals surface area (Å²) in [5.41, 5.74) is 8.16. The number of hydrogen-bond acceptors (Lipinski definition) is 4. The van der Waals surface area contributed by atoms with Gasteiger partial charge >= 0.3 is 0 Å². The highest BCUT2D eigenvalue weighted by molar-refractivity contribution is 5.49. The number of fused-ring (bicyclic) bond motifs is 1. The zero-order valence-electron chi connectivity index (χ0n) is 9.87. The van der Waals surface area contributed by atoms with E-state index in [9.17, 15) is 0 Å². The number of benzene rings is 1. The van der Waals surface area contributed by atoms with Gasteiger partial charge in [-0.25, -0.2) is 9.50 Å². The molecule has 1 aromatic carbocycles. The van der Waals surface area contributed by atoms with E-state index in [1.54, 1.807) is 23.1 Å². The molecule has 0 amide bonds. The third kappa shape index (κ3) is 1.86. The second-order valence-corrected chi connectivity index (χ2v) is 4.05. The smallest absolute Gasteiger partial charge is 0.157 e. The van der Waals surface area contributed by atoms with Crippen LogP contribution >= 0.6 is 0 Å². The minimum Gasteiger partial charge on any atom is -0.455 e. The highest BCUT2D eigenvalue weighted by Crippen LogP contribution is 2.26. The first-order valence-electron chi connectivity index (χ1n) is 5.56. The standard InChI is InChI=1S/C13H12N4O/c1-9-6-10(14)2-3-12(9)18-11-7-13-15-4-5-17(13)16-8-11/h2-8H,14H2,1H3. The van der Waals surface area contributed by atoms with E-state index in [2.05, 4.69) is 10.1 Å². The second kappa shape index (κ2) is 4.03. The zero-order chi connectivity index (χ0) is 12.5. The van der Waals surface area contributed by atoms with Gasteiger partial charge in [0.15, 0.2) is 11.4 Å². The van der Waals surface area contributed by atoms with E-state index in [0.717, 1.165) is 22.6 Å². The number of rotatable bonds is 2. The van der Waals surface area contributed by atoms with E-state index >= 15 is 0 Å². The number of aryl methyl sites for hydroxylation is 1. The molecule has 5 nitrogen and oxygen atoms in total. The quantitative estimate of drug-likeness (QED) is 0.698. The van der Waals surface area contributed by atoms with Crippen LogP contribution in [0.4, 0.5) is 5.69 Å². The average molecular weight is 240 g/mol. The third-order valence-corrected chi connectivity index (χ3v) is 2.66. The van der Waals surface area contributed by atoms with Crippen LogP contribution in [0.15, 0.2) is 42.9 Å². The van der Waals surface area contributed by atoms with Crippen LogP contribution in [0, 0.1) is 6.92 Å². The van der Waals surface area contributed by atoms with Crippen molar-refractivity contribution in [3.8, 4) is 11.5 Å². The van der Waals surface area contributed by atoms with Crippen molar-refractivity contribution in [2.45, 2.75) is 6.92 Å². The summed E-state index contributed by atoms with van der Waals surface area (Å²) < 4.78 is 7.45. The van der Waals surface area contributed by atoms with Crippen molar-refractivity contribution in [3.05, 3.63) is 48.4 Å². The molecule has 0 radical (unpaired) electrons. The number of imidazole rings is 1. The molecule has 3 rings (SSSR count). The minimum atomic E-state index is 0.654. The lowest BCUT2D eigenvalue weighted by Gasteiger charge is -2.08. The molecule has 0 saturated carbocycles. The van der Waals surface area contributed by atoms with Crippen LogP contribution < -0.4 is 10.5 Å². The van der Waals surface area contributed by atoms with Crippen LogP contribution in [-0.2, 0) is 0 Å². The fourth-order valence-corrected chi connectivity index (χ4v) is 1.76. The summed E-state index contributed by atoms with van der Waals surface area (Å²) in [6.07, 6.45) is 5.14. The van der Waals surface area contributed by atoms with E-state index in [4.69, 9.17) is 10.5 Å². The van der Waals surface area contributed by atoms with Crippen molar-refractivity contribution < 1.29 is 4.74 Å². The average Bonchev–Trinajstić information content (AvgIpc) is 2.80. The fraction of sp³-hybridized carbons (Fsp3) is 0.0769. The lowest BCUT2D eigenvalue weighted by molar-refractivity contribution is 0.475. The normalized spacial score (nSPS) is 10.7. The summed E-state index contributed by atoms with van der Waals surface area (Å²) >= 11 is 0. The Hall–Kier alpha value is -2.56. The first kappa shape index (κ1) is 10.6. The molecule has 5 heteroatoms. The van der Waals surface area contributed by atoms with Gasteiger partial charge in [-0.2, -0.15) is 5.10 Å². The molecule has 0 atom stereocenters. The molecule has 0 spiro atoms. The van der Waals surface area contributed by atoms with Gasteiger partial charge in [-0.15, -0.1) is 0 Å². The second-order valence-electron chi connectivity index (χ2n) is 4.05. The lowest BCUT2D eigenvalue weighted by Crippen LogP contribution is -1.94. The molecule has 2 heterocycles. The molecule has 2 aromatic heterocycles. The van der Waals surface area contributed by atoms with Crippen LogP contribution in [0.2, 0.25) is 0 Å². The summed E-state index contributed by atoms with van der Waals surface area (Å²) in [6, 6.07) is 7.36. The molecule has 0 aliphatic rings. The first-order valence-corrected chi connectivity index (χ1v) is 5.56. The summed E-state index contributed by atoms with van der Waals surface area (Å²) in [4.78, 5) is 4.16. The molecule has 0 saturated heterocycles. The van der Waals surface area contributed by atoms with Gasteiger partial charge in [0.1, 0.15) is 5.75 Å². The topological polar surface area (TPSA) is 65.4 Å². The molecule has 0 aliphatic carbocycles. The molecule has 0 aliphatic heterocycles. The Balaban J connectivity index is 1.95. The zero-order valence-corrected chi connectivity index (χ0v) is 9.87. The minimum absolute atomic E-state index is 0.654. The van der Waals surface area contributed by atoms with Crippen LogP contribution in [0.3, 0.4) is 0 Å². The predicted molar refractivity (Wildman–Crippen MR) is 68.7 cm³/mol. The number of nitrogens with zero attached hydrogens (tertiary/aromatic N) is 3. The van der Waals surface area contributed by atoms with Crippen molar-refractivity contribution in [2.24, 2.45) is 0 Å². The Morgan fingerprint density at radius 2 is 2.17 bits per heavy atom. The number of anilines is 1. The van der Waals surface area contributed by atoms with Crippen LogP contribution in [0.25, 0.3) is 5.65 Å². The summed E-state index contributed by atoms with van der Waals surface area (Å²) in [7, 11) is 0. The highest BCUT2D eigenvalue weighted by Gasteiger charge is 2.04. The predicted octanol–water partition coefficient (Wildman–Crippen LogP) is 2.41. The summed E-state index contributed by atoms with van der Waals surface area (Å²) in [6.45, 7) is 1.95. The molecular formula is C13H12N4O. The van der Waals surface area contributed by atoms with E-state index in [0.29, 0.717) is 5.75 Å². The maximum absolute atomic E-state index is 5.77. The van der Waals surface area contributed by atoms with Gasteiger partial charge in [-0.3, -0.25) is 0 Å². The molecular weight excluding hydrogens is 228 g/mol. The molecule has 90 valence electrons. The number of nitrogens with two attached hydrogens (primary N) is 1. The van der Waals surface area contributed by atoms with E-state index in [1.165, 1.54) is 0 Å². The van der Waals surface area contributed by atoms with Gasteiger partial charge in [0.05, 0.1) is 6.20 Å². The highest BCUT2D eigenvalue weighted by atomic mass is 16.5. The molecule has 3 aromatic rings. The third-order valence-electron chi connectivity index (χ3n) is 2.66. The van der Waals surface area contributed by atoms with Crippen molar-refractivity contribution >= 4 is 11.3 Å². The Labute approximate surface area is 104 Å². The van der Waals surface area contributed by atoms with E-state index in [-0.39, 0.29) is 0 Å². The number of hydrogen-bond donors (Lipinski definition) is 1. The maximum atomic E-state index is 5.77. The summed E-state index contributed by atoms with van der Waals surface area (Å²) in [5, 5.41) is 4.19. The van der Waals surface area contributed by atoms with Crippen molar-refractivity contribution in [2.75, 3.05) is 5.73 Å². The van der Waals surface area contributed by atoms with Gasteiger partial charge in [0, 0.05) is 24.1 Å². The largest absolute Gasteiger partial charge is 0.455 e. The maximum Gasteiger partial charge on any atom is 0.157 e. The monoisotopic (exact) mass is 240 g/mol. The van der Waals surface area contributed by atoms with Crippen molar-refractivity contribution in [1.82, 2.24) is 14.6 Å². The Morgan fingerprint density at radius 3 is 3.00 bits per heavy atom. The number of ether oxygens (including phenoxy) is 1. The van der Waals surface area contributed by atoms with Gasteiger partial charge in [-0.1, -0.05) is 0 Å². The number of nitrogen functional groups attached to an aromatic ring is 1. The molecule has 18 heavy (non-hydrogen) atoms. The van der Waals surface area contributed by atoms with Gasteiger partial charge in [0.25, 0.3) is 0 Å².